The molecular weight excluding hydrogens is 226 g/mol. The third-order valence-electron chi connectivity index (χ3n) is 3.17. The Kier molecular flexibility index (Phi) is 2.52. The Hall–Kier alpha value is -1.54. The second-order valence-electron chi connectivity index (χ2n) is 4.29. The van der Waals surface area contributed by atoms with Crippen molar-refractivity contribution in [2.75, 3.05) is 0 Å². The van der Waals surface area contributed by atoms with Crippen molar-refractivity contribution in [2.24, 2.45) is 7.05 Å². The van der Waals surface area contributed by atoms with Crippen LogP contribution in [-0.4, -0.2) is 4.57 Å². The van der Waals surface area contributed by atoms with Crippen molar-refractivity contribution in [3.63, 3.8) is 0 Å². The van der Waals surface area contributed by atoms with Crippen molar-refractivity contribution in [1.82, 2.24) is 4.57 Å². The van der Waals surface area contributed by atoms with E-state index in [0.29, 0.717) is 0 Å². The minimum Gasteiger partial charge on any atom is -0.350 e. The number of aryl methyl sites for hydroxylation is 2. The first-order valence-electron chi connectivity index (χ1n) is 5.92. The van der Waals surface area contributed by atoms with Crippen LogP contribution in [0.1, 0.15) is 11.8 Å². The Morgan fingerprint density at radius 2 is 1.94 bits per heavy atom. The predicted octanol–water partition coefficient (Wildman–Crippen LogP) is 4.47. The summed E-state index contributed by atoms with van der Waals surface area (Å²) < 4.78 is 2.20. The number of fused-ring (bicyclic) bond motifs is 1. The van der Waals surface area contributed by atoms with Crippen LogP contribution in [0, 0.1) is 0 Å². The van der Waals surface area contributed by atoms with Gasteiger partial charge in [-0.25, -0.2) is 0 Å². The predicted molar refractivity (Wildman–Crippen MR) is 75.6 cm³/mol. The van der Waals surface area contributed by atoms with Gasteiger partial charge in [-0.15, -0.1) is 11.3 Å². The number of hydrogen-bond donors (Lipinski definition) is 0. The number of benzene rings is 1. The van der Waals surface area contributed by atoms with Gasteiger partial charge >= 0.3 is 0 Å². The quantitative estimate of drug-likeness (QED) is 0.624. The molecule has 0 saturated carbocycles. The fourth-order valence-corrected chi connectivity index (χ4v) is 3.22. The van der Waals surface area contributed by atoms with E-state index in [1.165, 1.54) is 26.2 Å². The highest BCUT2D eigenvalue weighted by Gasteiger charge is 2.09. The Labute approximate surface area is 105 Å². The molecule has 0 aliphatic heterocycles. The van der Waals surface area contributed by atoms with Crippen molar-refractivity contribution in [3.8, 4) is 10.4 Å². The topological polar surface area (TPSA) is 4.93 Å². The van der Waals surface area contributed by atoms with Crippen LogP contribution in [0.25, 0.3) is 21.3 Å². The maximum Gasteiger partial charge on any atom is 0.0484 e. The molecule has 0 atom stereocenters. The summed E-state index contributed by atoms with van der Waals surface area (Å²) in [5.74, 6) is 0. The normalized spacial score (nSPS) is 11.2. The van der Waals surface area contributed by atoms with E-state index in [4.69, 9.17) is 0 Å². The fraction of sp³-hybridized carbons (Fsp3) is 0.200. The SMILES string of the molecule is CCc1ccc(-c2cn(C)c3ccccc23)s1. The lowest BCUT2D eigenvalue weighted by atomic mass is 10.1. The molecule has 2 heterocycles. The Morgan fingerprint density at radius 1 is 1.12 bits per heavy atom. The standard InChI is InChI=1S/C15H15NS/c1-3-11-8-9-15(17-11)13-10-16(2)14-7-5-4-6-12(13)14/h4-10H,3H2,1-2H3. The van der Waals surface area contributed by atoms with Gasteiger partial charge in [-0.3, -0.25) is 0 Å². The van der Waals surface area contributed by atoms with Gasteiger partial charge in [-0.2, -0.15) is 0 Å². The lowest BCUT2D eigenvalue weighted by Crippen LogP contribution is -1.81. The molecule has 3 rings (SSSR count). The molecule has 0 fully saturated rings. The first kappa shape index (κ1) is 10.6. The smallest absolute Gasteiger partial charge is 0.0484 e. The third kappa shape index (κ3) is 1.69. The fourth-order valence-electron chi connectivity index (χ4n) is 2.25. The lowest BCUT2D eigenvalue weighted by molar-refractivity contribution is 0.970. The maximum atomic E-state index is 2.24. The molecule has 0 bridgehead atoms. The van der Waals surface area contributed by atoms with E-state index < -0.39 is 0 Å². The number of para-hydroxylation sites is 1. The molecule has 3 aromatic rings. The molecule has 0 spiro atoms. The van der Waals surface area contributed by atoms with Crippen molar-refractivity contribution in [1.29, 1.82) is 0 Å². The molecule has 0 N–H and O–H groups in total. The molecule has 0 amide bonds. The third-order valence-corrected chi connectivity index (χ3v) is 4.44. The van der Waals surface area contributed by atoms with E-state index in [2.05, 4.69) is 61.1 Å². The Balaban J connectivity index is 2.23. The molecule has 2 heteroatoms. The first-order chi connectivity index (χ1) is 8.29. The molecule has 0 aliphatic rings. The second kappa shape index (κ2) is 4.04. The highest BCUT2D eigenvalue weighted by molar-refractivity contribution is 7.15. The van der Waals surface area contributed by atoms with Gasteiger partial charge in [0.05, 0.1) is 0 Å². The number of thiophene rings is 1. The van der Waals surface area contributed by atoms with Gasteiger partial charge in [0.15, 0.2) is 0 Å². The van der Waals surface area contributed by atoms with Gasteiger partial charge in [0.2, 0.25) is 0 Å². The highest BCUT2D eigenvalue weighted by Crippen LogP contribution is 2.34. The van der Waals surface area contributed by atoms with E-state index in [1.807, 2.05) is 11.3 Å². The largest absolute Gasteiger partial charge is 0.350 e. The molecule has 2 aromatic heterocycles. The van der Waals surface area contributed by atoms with E-state index in [9.17, 15) is 0 Å². The molecule has 1 nitrogen and oxygen atoms in total. The summed E-state index contributed by atoms with van der Waals surface area (Å²) in [6.07, 6.45) is 3.35. The van der Waals surface area contributed by atoms with Crippen LogP contribution in [0.2, 0.25) is 0 Å². The van der Waals surface area contributed by atoms with Crippen molar-refractivity contribution < 1.29 is 0 Å². The van der Waals surface area contributed by atoms with E-state index in [-0.39, 0.29) is 0 Å². The number of nitrogens with zero attached hydrogens (tertiary/aromatic N) is 1. The zero-order valence-corrected chi connectivity index (χ0v) is 10.9. The maximum absolute atomic E-state index is 2.24. The first-order valence-corrected chi connectivity index (χ1v) is 6.74. The summed E-state index contributed by atoms with van der Waals surface area (Å²) in [6.45, 7) is 2.21. The van der Waals surface area contributed by atoms with Gasteiger partial charge in [0.25, 0.3) is 0 Å². The van der Waals surface area contributed by atoms with Crippen LogP contribution in [0.5, 0.6) is 0 Å². The van der Waals surface area contributed by atoms with Gasteiger partial charge in [-0.05, 0) is 24.6 Å². The van der Waals surface area contributed by atoms with Gasteiger partial charge < -0.3 is 4.57 Å². The summed E-state index contributed by atoms with van der Waals surface area (Å²) in [6, 6.07) is 13.1. The summed E-state index contributed by atoms with van der Waals surface area (Å²) >= 11 is 1.90. The highest BCUT2D eigenvalue weighted by atomic mass is 32.1. The Bertz CT molecular complexity index is 660. The average Bonchev–Trinajstić information content (AvgIpc) is 2.95. The summed E-state index contributed by atoms with van der Waals surface area (Å²) in [7, 11) is 2.11. The van der Waals surface area contributed by atoms with Crippen LogP contribution < -0.4 is 0 Å². The minimum absolute atomic E-state index is 1.12. The van der Waals surface area contributed by atoms with E-state index >= 15 is 0 Å². The van der Waals surface area contributed by atoms with E-state index in [0.717, 1.165) is 6.42 Å². The molecule has 0 radical (unpaired) electrons. The van der Waals surface area contributed by atoms with Crippen molar-refractivity contribution in [2.45, 2.75) is 13.3 Å². The monoisotopic (exact) mass is 241 g/mol. The van der Waals surface area contributed by atoms with Crippen LogP contribution in [0.15, 0.2) is 42.6 Å². The van der Waals surface area contributed by atoms with Crippen molar-refractivity contribution in [3.05, 3.63) is 47.5 Å². The summed E-state index contributed by atoms with van der Waals surface area (Å²) in [5, 5.41) is 1.35. The molecule has 0 aliphatic carbocycles. The van der Waals surface area contributed by atoms with Crippen LogP contribution in [-0.2, 0) is 13.5 Å². The summed E-state index contributed by atoms with van der Waals surface area (Å²) in [5.41, 5.74) is 2.65. The number of aromatic nitrogens is 1. The van der Waals surface area contributed by atoms with Gasteiger partial charge in [0.1, 0.15) is 0 Å². The molecule has 0 unspecified atom stereocenters. The molecule has 0 saturated heterocycles. The van der Waals surface area contributed by atoms with Crippen LogP contribution >= 0.6 is 11.3 Å². The van der Waals surface area contributed by atoms with E-state index in [1.54, 1.807) is 0 Å². The molecule has 86 valence electrons. The van der Waals surface area contributed by atoms with Gasteiger partial charge in [-0.1, -0.05) is 25.1 Å². The van der Waals surface area contributed by atoms with Crippen molar-refractivity contribution >= 4 is 22.2 Å². The lowest BCUT2D eigenvalue weighted by Gasteiger charge is -1.94. The molecule has 17 heavy (non-hydrogen) atoms. The van der Waals surface area contributed by atoms with Crippen LogP contribution in [0.3, 0.4) is 0 Å². The Morgan fingerprint density at radius 3 is 2.71 bits per heavy atom. The van der Waals surface area contributed by atoms with Crippen LogP contribution in [0.4, 0.5) is 0 Å². The average molecular weight is 241 g/mol. The molecule has 1 aromatic carbocycles. The molecular formula is C15H15NS. The number of rotatable bonds is 2. The zero-order chi connectivity index (χ0) is 11.8. The summed E-state index contributed by atoms with van der Waals surface area (Å²) in [4.78, 5) is 2.83. The zero-order valence-electron chi connectivity index (χ0n) is 10.1. The van der Waals surface area contributed by atoms with Gasteiger partial charge in [0, 0.05) is 39.5 Å². The second-order valence-corrected chi connectivity index (χ2v) is 5.46. The minimum atomic E-state index is 1.12. The number of hydrogen-bond acceptors (Lipinski definition) is 1.